The second-order valence-electron chi connectivity index (χ2n) is 4.40. The number of carbonyl (C=O) groups is 1. The van der Waals surface area contributed by atoms with Crippen LogP contribution < -0.4 is 10.6 Å². The number of halogens is 2. The Bertz CT molecular complexity index is 649. The molecule has 0 radical (unpaired) electrons. The summed E-state index contributed by atoms with van der Waals surface area (Å²) in [4.78, 5) is 16.5. The Morgan fingerprint density at radius 1 is 1.38 bits per heavy atom. The Morgan fingerprint density at radius 3 is 2.90 bits per heavy atom. The van der Waals surface area contributed by atoms with Gasteiger partial charge in [-0.2, -0.15) is 0 Å². The van der Waals surface area contributed by atoms with Gasteiger partial charge in [-0.15, -0.1) is 0 Å². The van der Waals surface area contributed by atoms with Crippen LogP contribution in [0.5, 0.6) is 0 Å². The van der Waals surface area contributed by atoms with Crippen LogP contribution in [0.1, 0.15) is 23.7 Å². The van der Waals surface area contributed by atoms with Crippen molar-refractivity contribution in [3.8, 4) is 0 Å². The molecule has 0 spiro atoms. The molecule has 0 aliphatic carbocycles. The van der Waals surface area contributed by atoms with Crippen LogP contribution in [0.25, 0.3) is 0 Å². The van der Waals surface area contributed by atoms with Gasteiger partial charge in [0.15, 0.2) is 0 Å². The van der Waals surface area contributed by atoms with Gasteiger partial charge in [0.25, 0.3) is 5.91 Å². The molecule has 4 nitrogen and oxygen atoms in total. The van der Waals surface area contributed by atoms with Crippen LogP contribution in [0, 0.1) is 5.82 Å². The fourth-order valence-corrected chi connectivity index (χ4v) is 2.20. The largest absolute Gasteiger partial charge is 0.369 e. The fraction of sp³-hybridized carbons (Fsp3) is 0.200. The second-order valence-corrected chi connectivity index (χ2v) is 5.26. The van der Waals surface area contributed by atoms with E-state index >= 15 is 0 Å². The van der Waals surface area contributed by atoms with Crippen LogP contribution >= 0.6 is 15.9 Å². The second kappa shape index (κ2) is 7.17. The molecule has 0 atom stereocenters. The van der Waals surface area contributed by atoms with Crippen LogP contribution in [0.3, 0.4) is 0 Å². The highest BCUT2D eigenvalue weighted by Gasteiger charge is 2.13. The highest BCUT2D eigenvalue weighted by Crippen LogP contribution is 2.24. The lowest BCUT2D eigenvalue weighted by Crippen LogP contribution is -2.16. The summed E-state index contributed by atoms with van der Waals surface area (Å²) in [5.41, 5.74) is 0.953. The van der Waals surface area contributed by atoms with Gasteiger partial charge in [0.1, 0.15) is 11.6 Å². The van der Waals surface area contributed by atoms with Gasteiger partial charge in [-0.05, 0) is 52.7 Å². The Balaban J connectivity index is 2.20. The highest BCUT2D eigenvalue weighted by atomic mass is 79.9. The van der Waals surface area contributed by atoms with E-state index in [1.807, 2.05) is 6.92 Å². The minimum absolute atomic E-state index is 0.297. The summed E-state index contributed by atoms with van der Waals surface area (Å²) in [6.07, 6.45) is 2.56. The predicted octanol–water partition coefficient (Wildman–Crippen LogP) is 4.06. The number of amides is 1. The fourth-order valence-electron chi connectivity index (χ4n) is 1.75. The number of rotatable bonds is 5. The lowest BCUT2D eigenvalue weighted by atomic mass is 10.2. The zero-order chi connectivity index (χ0) is 15.2. The minimum Gasteiger partial charge on any atom is -0.369 e. The van der Waals surface area contributed by atoms with E-state index in [9.17, 15) is 9.18 Å². The lowest BCUT2D eigenvalue weighted by molar-refractivity contribution is 0.102. The first-order valence-electron chi connectivity index (χ1n) is 6.57. The monoisotopic (exact) mass is 351 g/mol. The summed E-state index contributed by atoms with van der Waals surface area (Å²) in [7, 11) is 0. The Labute approximate surface area is 130 Å². The quantitative estimate of drug-likeness (QED) is 0.853. The maximum atomic E-state index is 13.0. The molecule has 2 rings (SSSR count). The maximum absolute atomic E-state index is 13.0. The summed E-state index contributed by atoms with van der Waals surface area (Å²) < 4.78 is 13.5. The van der Waals surface area contributed by atoms with Gasteiger partial charge in [0.05, 0.1) is 11.3 Å². The number of nitrogens with one attached hydrogen (secondary N) is 2. The van der Waals surface area contributed by atoms with Crippen molar-refractivity contribution >= 4 is 33.3 Å². The van der Waals surface area contributed by atoms with Crippen molar-refractivity contribution in [2.45, 2.75) is 13.3 Å². The molecule has 0 aliphatic heterocycles. The minimum atomic E-state index is -0.369. The summed E-state index contributed by atoms with van der Waals surface area (Å²) in [6.45, 7) is 2.77. The number of carbonyl (C=O) groups excluding carboxylic acids is 1. The molecule has 2 N–H and O–H groups in total. The van der Waals surface area contributed by atoms with E-state index in [1.54, 1.807) is 18.3 Å². The van der Waals surface area contributed by atoms with Crippen LogP contribution in [-0.4, -0.2) is 17.4 Å². The zero-order valence-electron chi connectivity index (χ0n) is 11.5. The number of hydrogen-bond acceptors (Lipinski definition) is 3. The predicted molar refractivity (Wildman–Crippen MR) is 85.1 cm³/mol. The van der Waals surface area contributed by atoms with Gasteiger partial charge >= 0.3 is 0 Å². The van der Waals surface area contributed by atoms with E-state index in [-0.39, 0.29) is 11.7 Å². The van der Waals surface area contributed by atoms with Crippen LogP contribution in [-0.2, 0) is 0 Å². The van der Waals surface area contributed by atoms with Gasteiger partial charge in [-0.25, -0.2) is 9.37 Å². The van der Waals surface area contributed by atoms with Gasteiger partial charge in [0, 0.05) is 17.2 Å². The average molecular weight is 352 g/mol. The molecule has 21 heavy (non-hydrogen) atoms. The molecule has 0 saturated heterocycles. The van der Waals surface area contributed by atoms with Crippen molar-refractivity contribution in [2.24, 2.45) is 0 Å². The summed E-state index contributed by atoms with van der Waals surface area (Å²) in [5, 5.41) is 5.85. The van der Waals surface area contributed by atoms with E-state index in [2.05, 4.69) is 31.5 Å². The number of pyridine rings is 1. The first-order valence-corrected chi connectivity index (χ1v) is 7.36. The molecule has 1 aromatic heterocycles. The third kappa shape index (κ3) is 4.01. The smallest absolute Gasteiger partial charge is 0.259 e. The topological polar surface area (TPSA) is 54.0 Å². The molecule has 1 amide bonds. The van der Waals surface area contributed by atoms with Crippen LogP contribution in [0.15, 0.2) is 41.0 Å². The summed E-state index contributed by atoms with van der Waals surface area (Å²) >= 11 is 3.22. The normalized spacial score (nSPS) is 10.2. The SMILES string of the molecule is CCCNc1ncccc1C(=O)Nc1ccc(F)cc1Br. The lowest BCUT2D eigenvalue weighted by Gasteiger charge is -2.11. The third-order valence-electron chi connectivity index (χ3n) is 2.77. The van der Waals surface area contributed by atoms with E-state index in [0.717, 1.165) is 13.0 Å². The Kier molecular flexibility index (Phi) is 5.27. The van der Waals surface area contributed by atoms with Crippen molar-refractivity contribution < 1.29 is 9.18 Å². The molecule has 110 valence electrons. The molecule has 0 fully saturated rings. The van der Waals surface area contributed by atoms with Crippen molar-refractivity contribution in [3.05, 3.63) is 52.4 Å². The third-order valence-corrected chi connectivity index (χ3v) is 3.43. The molecular formula is C15H15BrFN3O. The number of benzene rings is 1. The molecule has 0 unspecified atom stereocenters. The van der Waals surface area contributed by atoms with E-state index in [0.29, 0.717) is 21.5 Å². The van der Waals surface area contributed by atoms with E-state index in [4.69, 9.17) is 0 Å². The molecule has 0 saturated carbocycles. The molecule has 0 aliphatic rings. The molecule has 0 bridgehead atoms. The average Bonchev–Trinajstić information content (AvgIpc) is 2.48. The number of anilines is 2. The first kappa shape index (κ1) is 15.4. The van der Waals surface area contributed by atoms with Crippen molar-refractivity contribution in [1.82, 2.24) is 4.98 Å². The van der Waals surface area contributed by atoms with Gasteiger partial charge in [-0.3, -0.25) is 4.79 Å². The molecule has 1 heterocycles. The van der Waals surface area contributed by atoms with Crippen molar-refractivity contribution in [2.75, 3.05) is 17.2 Å². The van der Waals surface area contributed by atoms with Gasteiger partial charge < -0.3 is 10.6 Å². The van der Waals surface area contributed by atoms with Crippen LogP contribution in [0.2, 0.25) is 0 Å². The van der Waals surface area contributed by atoms with Crippen LogP contribution in [0.4, 0.5) is 15.9 Å². The van der Waals surface area contributed by atoms with Gasteiger partial charge in [-0.1, -0.05) is 6.92 Å². The standard InChI is InChI=1S/C15H15BrFN3O/c1-2-7-18-14-11(4-3-8-19-14)15(21)20-13-6-5-10(17)9-12(13)16/h3-6,8-9H,2,7H2,1H3,(H,18,19)(H,20,21). The Hall–Kier alpha value is -1.95. The summed E-state index contributed by atoms with van der Waals surface area (Å²) in [6, 6.07) is 7.49. The number of nitrogens with zero attached hydrogens (tertiary/aromatic N) is 1. The van der Waals surface area contributed by atoms with Crippen molar-refractivity contribution in [3.63, 3.8) is 0 Å². The van der Waals surface area contributed by atoms with E-state index in [1.165, 1.54) is 18.2 Å². The first-order chi connectivity index (χ1) is 10.1. The molecule has 6 heteroatoms. The maximum Gasteiger partial charge on any atom is 0.259 e. The number of aromatic nitrogens is 1. The zero-order valence-corrected chi connectivity index (χ0v) is 13.1. The summed E-state index contributed by atoms with van der Waals surface area (Å²) in [5.74, 6) is -0.129. The van der Waals surface area contributed by atoms with E-state index < -0.39 is 0 Å². The molecule has 2 aromatic rings. The molecular weight excluding hydrogens is 337 g/mol. The number of hydrogen-bond donors (Lipinski definition) is 2. The molecule has 1 aromatic carbocycles. The van der Waals surface area contributed by atoms with Crippen molar-refractivity contribution in [1.29, 1.82) is 0 Å². The highest BCUT2D eigenvalue weighted by molar-refractivity contribution is 9.10. The van der Waals surface area contributed by atoms with Gasteiger partial charge in [0.2, 0.25) is 0 Å². The Morgan fingerprint density at radius 2 is 2.19 bits per heavy atom.